The number of carbonyl (C=O) groups excluding carboxylic acids is 2. The van der Waals surface area contributed by atoms with Crippen molar-refractivity contribution >= 4 is 11.6 Å². The summed E-state index contributed by atoms with van der Waals surface area (Å²) in [6, 6.07) is 0. The molecule has 4 aliphatic carbocycles. The van der Waals surface area contributed by atoms with Crippen LogP contribution in [-0.2, 0) is 9.59 Å². The van der Waals surface area contributed by atoms with Crippen LogP contribution in [-0.4, -0.2) is 11.6 Å². The molecule has 0 N–H and O–H groups in total. The van der Waals surface area contributed by atoms with Gasteiger partial charge in [0.15, 0.2) is 0 Å². The lowest BCUT2D eigenvalue weighted by Crippen LogP contribution is -2.35. The fraction of sp³-hybridized carbons (Fsp3) is 0.765. The Hall–Kier alpha value is -0.920. The molecule has 2 nitrogen and oxygen atoms in total. The van der Waals surface area contributed by atoms with Gasteiger partial charge >= 0.3 is 0 Å². The fourth-order valence-corrected chi connectivity index (χ4v) is 5.22. The molecule has 0 spiro atoms. The highest BCUT2D eigenvalue weighted by molar-refractivity contribution is 5.87. The van der Waals surface area contributed by atoms with Crippen LogP contribution in [0, 0.1) is 23.7 Å². The lowest BCUT2D eigenvalue weighted by Gasteiger charge is -2.43. The second kappa shape index (κ2) is 4.29. The van der Waals surface area contributed by atoms with Crippen molar-refractivity contribution in [2.24, 2.45) is 23.7 Å². The van der Waals surface area contributed by atoms with Crippen LogP contribution in [0.5, 0.6) is 0 Å². The smallest absolute Gasteiger partial charge is 0.140 e. The molecule has 4 unspecified atom stereocenters. The molecule has 0 aromatic rings. The van der Waals surface area contributed by atoms with Crippen molar-refractivity contribution in [3.8, 4) is 0 Å². The molecule has 19 heavy (non-hydrogen) atoms. The predicted molar refractivity (Wildman–Crippen MR) is 72.6 cm³/mol. The zero-order valence-electron chi connectivity index (χ0n) is 11.5. The summed E-state index contributed by atoms with van der Waals surface area (Å²) in [5.41, 5.74) is 3.20. The lowest BCUT2D eigenvalue weighted by molar-refractivity contribution is -0.123. The quantitative estimate of drug-likeness (QED) is 0.624. The van der Waals surface area contributed by atoms with E-state index in [9.17, 15) is 9.59 Å². The Bertz CT molecular complexity index is 474. The van der Waals surface area contributed by atoms with E-state index in [1.165, 1.54) is 24.8 Å². The molecule has 3 fully saturated rings. The van der Waals surface area contributed by atoms with Crippen molar-refractivity contribution in [3.63, 3.8) is 0 Å². The Morgan fingerprint density at radius 3 is 2.58 bits per heavy atom. The maximum absolute atomic E-state index is 11.9. The fourth-order valence-electron chi connectivity index (χ4n) is 5.22. The van der Waals surface area contributed by atoms with Crippen LogP contribution in [0.25, 0.3) is 0 Å². The molecule has 0 aromatic carbocycles. The van der Waals surface area contributed by atoms with Crippen LogP contribution >= 0.6 is 0 Å². The molecule has 0 amide bonds. The van der Waals surface area contributed by atoms with Crippen molar-refractivity contribution in [1.29, 1.82) is 0 Å². The van der Waals surface area contributed by atoms with E-state index in [1.807, 2.05) is 0 Å². The first-order valence-electron chi connectivity index (χ1n) is 7.98. The summed E-state index contributed by atoms with van der Waals surface area (Å²) < 4.78 is 0. The van der Waals surface area contributed by atoms with E-state index in [2.05, 4.69) is 0 Å². The number of rotatable bonds is 0. The van der Waals surface area contributed by atoms with Gasteiger partial charge in [0.05, 0.1) is 0 Å². The minimum atomic E-state index is 0.299. The first-order chi connectivity index (χ1) is 9.22. The van der Waals surface area contributed by atoms with E-state index < -0.39 is 0 Å². The molecule has 0 saturated heterocycles. The number of allylic oxidation sites excluding steroid dienone is 2. The molecule has 2 heteroatoms. The van der Waals surface area contributed by atoms with Gasteiger partial charge in [0.1, 0.15) is 11.6 Å². The monoisotopic (exact) mass is 258 g/mol. The minimum Gasteiger partial charge on any atom is -0.300 e. The summed E-state index contributed by atoms with van der Waals surface area (Å²) in [6.45, 7) is 0. The standard InChI is InChI=1S/C17H22O2/c18-13-3-1-10-9-16-11(7-12(10)8-13)2-4-15-14(16)5-6-17(15)19/h10-12,15H,1-9H2. The normalized spacial score (nSPS) is 41.9. The maximum atomic E-state index is 11.9. The molecule has 4 aliphatic rings. The molecule has 0 heterocycles. The maximum Gasteiger partial charge on any atom is 0.140 e. The van der Waals surface area contributed by atoms with Crippen molar-refractivity contribution in [1.82, 2.24) is 0 Å². The average Bonchev–Trinajstić information content (AvgIpc) is 2.78. The second-order valence-electron chi connectivity index (χ2n) is 7.09. The zero-order chi connectivity index (χ0) is 13.0. The number of carbonyl (C=O) groups is 2. The number of ketones is 2. The molecule has 4 rings (SSSR count). The van der Waals surface area contributed by atoms with E-state index in [0.29, 0.717) is 29.3 Å². The molecule has 102 valence electrons. The summed E-state index contributed by atoms with van der Waals surface area (Å²) in [6.07, 6.45) is 9.32. The van der Waals surface area contributed by atoms with Gasteiger partial charge in [0, 0.05) is 25.2 Å². The highest BCUT2D eigenvalue weighted by atomic mass is 16.1. The Balaban J connectivity index is 1.64. The molecule has 0 aromatic heterocycles. The number of hydrogen-bond donors (Lipinski definition) is 0. The van der Waals surface area contributed by atoms with Gasteiger partial charge in [0.2, 0.25) is 0 Å². The van der Waals surface area contributed by atoms with Gasteiger partial charge in [-0.15, -0.1) is 0 Å². The van der Waals surface area contributed by atoms with Crippen molar-refractivity contribution < 1.29 is 9.59 Å². The number of hydrogen-bond acceptors (Lipinski definition) is 2. The molecule has 3 saturated carbocycles. The van der Waals surface area contributed by atoms with E-state index in [0.717, 1.165) is 44.4 Å². The Kier molecular flexibility index (Phi) is 2.68. The molecular formula is C17H22O2. The molecule has 0 bridgehead atoms. The minimum absolute atomic E-state index is 0.299. The Morgan fingerprint density at radius 1 is 0.789 bits per heavy atom. The van der Waals surface area contributed by atoms with Crippen LogP contribution in [0.2, 0.25) is 0 Å². The van der Waals surface area contributed by atoms with Gasteiger partial charge in [-0.25, -0.2) is 0 Å². The summed E-state index contributed by atoms with van der Waals surface area (Å²) in [5.74, 6) is 3.40. The summed E-state index contributed by atoms with van der Waals surface area (Å²) in [7, 11) is 0. The first kappa shape index (κ1) is 11.9. The Morgan fingerprint density at radius 2 is 1.68 bits per heavy atom. The number of Topliss-reactive ketones (excluding diaryl/α,β-unsaturated/α-hetero) is 2. The van der Waals surface area contributed by atoms with Crippen LogP contribution < -0.4 is 0 Å². The van der Waals surface area contributed by atoms with E-state index in [4.69, 9.17) is 0 Å². The number of fused-ring (bicyclic) bond motifs is 3. The van der Waals surface area contributed by atoms with Crippen LogP contribution in [0.15, 0.2) is 11.1 Å². The topological polar surface area (TPSA) is 34.1 Å². The van der Waals surface area contributed by atoms with E-state index in [-0.39, 0.29) is 0 Å². The first-order valence-corrected chi connectivity index (χ1v) is 7.98. The largest absolute Gasteiger partial charge is 0.300 e. The van der Waals surface area contributed by atoms with Crippen molar-refractivity contribution in [2.45, 2.75) is 57.8 Å². The average molecular weight is 258 g/mol. The third-order valence-electron chi connectivity index (χ3n) is 6.18. The second-order valence-corrected chi connectivity index (χ2v) is 7.09. The summed E-state index contributed by atoms with van der Waals surface area (Å²) >= 11 is 0. The van der Waals surface area contributed by atoms with Crippen LogP contribution in [0.4, 0.5) is 0 Å². The van der Waals surface area contributed by atoms with Crippen LogP contribution in [0.3, 0.4) is 0 Å². The van der Waals surface area contributed by atoms with Crippen LogP contribution in [0.1, 0.15) is 57.8 Å². The molecule has 0 aliphatic heterocycles. The zero-order valence-corrected chi connectivity index (χ0v) is 11.5. The molecule has 0 radical (unpaired) electrons. The third kappa shape index (κ3) is 1.83. The van der Waals surface area contributed by atoms with Gasteiger partial charge in [-0.05, 0) is 56.3 Å². The predicted octanol–water partition coefficient (Wildman–Crippen LogP) is 3.45. The SMILES string of the molecule is O=C1CCC2CC3=C4CCC(=O)C4CCC3CC2C1. The highest BCUT2D eigenvalue weighted by Gasteiger charge is 2.43. The summed E-state index contributed by atoms with van der Waals surface area (Å²) in [4.78, 5) is 23.6. The van der Waals surface area contributed by atoms with Crippen molar-refractivity contribution in [2.75, 3.05) is 0 Å². The van der Waals surface area contributed by atoms with Gasteiger partial charge in [-0.2, -0.15) is 0 Å². The third-order valence-corrected chi connectivity index (χ3v) is 6.18. The van der Waals surface area contributed by atoms with E-state index >= 15 is 0 Å². The summed E-state index contributed by atoms with van der Waals surface area (Å²) in [5, 5.41) is 0. The van der Waals surface area contributed by atoms with Crippen molar-refractivity contribution in [3.05, 3.63) is 11.1 Å². The van der Waals surface area contributed by atoms with Gasteiger partial charge in [0.25, 0.3) is 0 Å². The molecule has 4 atom stereocenters. The van der Waals surface area contributed by atoms with Gasteiger partial charge in [-0.3, -0.25) is 9.59 Å². The van der Waals surface area contributed by atoms with E-state index in [1.54, 1.807) is 5.57 Å². The Labute approximate surface area is 114 Å². The lowest BCUT2D eigenvalue weighted by atomic mass is 9.61. The van der Waals surface area contributed by atoms with Gasteiger partial charge < -0.3 is 0 Å². The molecular weight excluding hydrogens is 236 g/mol. The van der Waals surface area contributed by atoms with Gasteiger partial charge in [-0.1, -0.05) is 11.1 Å². The highest BCUT2D eigenvalue weighted by Crippen LogP contribution is 2.52.